The smallest absolute Gasteiger partial charge is 0.277 e. The number of ether oxygens (including phenoxy) is 1. The zero-order chi connectivity index (χ0) is 12.9. The fraction of sp³-hybridized carbons (Fsp3) is 0.400. The standard InChI is InChI=1S/C10H13F2N3O2/c1-17-9-7(3-2-4-14-9)8(16)15-6-10(11,12)5-13/h2-4H,5-6,13H2,1H3,(H,15,16). The van der Waals surface area contributed by atoms with Gasteiger partial charge in [-0.15, -0.1) is 0 Å². The predicted molar refractivity (Wildman–Crippen MR) is 57.1 cm³/mol. The molecule has 0 aliphatic heterocycles. The minimum absolute atomic E-state index is 0.0843. The molecule has 1 aromatic rings. The number of rotatable bonds is 5. The van der Waals surface area contributed by atoms with Gasteiger partial charge in [0.05, 0.1) is 20.2 Å². The molecule has 17 heavy (non-hydrogen) atoms. The van der Waals surface area contributed by atoms with Crippen molar-refractivity contribution in [1.82, 2.24) is 10.3 Å². The van der Waals surface area contributed by atoms with Gasteiger partial charge in [0.15, 0.2) is 0 Å². The largest absolute Gasteiger partial charge is 0.480 e. The number of halogens is 2. The normalized spacial score (nSPS) is 11.1. The van der Waals surface area contributed by atoms with E-state index in [1.165, 1.54) is 25.4 Å². The van der Waals surface area contributed by atoms with Crippen LogP contribution in [-0.4, -0.2) is 37.0 Å². The van der Waals surface area contributed by atoms with E-state index in [2.05, 4.69) is 10.3 Å². The van der Waals surface area contributed by atoms with Gasteiger partial charge in [-0.05, 0) is 12.1 Å². The average Bonchev–Trinajstić information content (AvgIpc) is 2.36. The molecular weight excluding hydrogens is 232 g/mol. The van der Waals surface area contributed by atoms with Crippen LogP contribution in [0, 0.1) is 0 Å². The molecule has 1 aromatic heterocycles. The molecule has 1 heterocycles. The minimum Gasteiger partial charge on any atom is -0.480 e. The van der Waals surface area contributed by atoms with E-state index in [0.717, 1.165) is 0 Å². The highest BCUT2D eigenvalue weighted by Crippen LogP contribution is 2.14. The van der Waals surface area contributed by atoms with Crippen LogP contribution in [0.25, 0.3) is 0 Å². The lowest BCUT2D eigenvalue weighted by Gasteiger charge is -2.14. The maximum Gasteiger partial charge on any atom is 0.277 e. The fourth-order valence-corrected chi connectivity index (χ4v) is 1.10. The number of hydrogen-bond acceptors (Lipinski definition) is 4. The zero-order valence-corrected chi connectivity index (χ0v) is 9.24. The van der Waals surface area contributed by atoms with Crippen LogP contribution in [0.5, 0.6) is 5.88 Å². The number of nitrogens with one attached hydrogen (secondary N) is 1. The molecule has 0 fully saturated rings. The summed E-state index contributed by atoms with van der Waals surface area (Å²) in [6.07, 6.45) is 1.43. The van der Waals surface area contributed by atoms with Gasteiger partial charge in [-0.3, -0.25) is 4.79 Å². The molecule has 0 saturated carbocycles. The summed E-state index contributed by atoms with van der Waals surface area (Å²) in [5.41, 5.74) is 4.95. The second kappa shape index (κ2) is 5.53. The predicted octanol–water partition coefficient (Wildman–Crippen LogP) is 0.414. The Morgan fingerprint density at radius 2 is 2.35 bits per heavy atom. The van der Waals surface area contributed by atoms with Crippen LogP contribution in [0.3, 0.4) is 0 Å². The van der Waals surface area contributed by atoms with Gasteiger partial charge in [0.1, 0.15) is 5.56 Å². The molecule has 0 bridgehead atoms. The van der Waals surface area contributed by atoms with Crippen LogP contribution < -0.4 is 15.8 Å². The number of alkyl halides is 2. The molecule has 0 aliphatic rings. The first-order chi connectivity index (χ1) is 8.00. The third-order valence-corrected chi connectivity index (χ3v) is 2.02. The second-order valence-electron chi connectivity index (χ2n) is 3.30. The number of aromatic nitrogens is 1. The van der Waals surface area contributed by atoms with E-state index in [1.54, 1.807) is 0 Å². The van der Waals surface area contributed by atoms with Crippen molar-refractivity contribution in [2.75, 3.05) is 20.2 Å². The van der Waals surface area contributed by atoms with Crippen molar-refractivity contribution in [1.29, 1.82) is 0 Å². The highest BCUT2D eigenvalue weighted by molar-refractivity contribution is 5.96. The Morgan fingerprint density at radius 3 is 2.94 bits per heavy atom. The van der Waals surface area contributed by atoms with Crippen LogP contribution in [0.1, 0.15) is 10.4 Å². The van der Waals surface area contributed by atoms with Crippen molar-refractivity contribution in [3.8, 4) is 5.88 Å². The first-order valence-electron chi connectivity index (χ1n) is 4.85. The van der Waals surface area contributed by atoms with E-state index >= 15 is 0 Å². The quantitative estimate of drug-likeness (QED) is 0.787. The summed E-state index contributed by atoms with van der Waals surface area (Å²) in [6, 6.07) is 2.94. The molecule has 0 radical (unpaired) electrons. The van der Waals surface area contributed by atoms with Crippen LogP contribution in [0.4, 0.5) is 8.78 Å². The highest BCUT2D eigenvalue weighted by atomic mass is 19.3. The van der Waals surface area contributed by atoms with Gasteiger partial charge in [0, 0.05) is 6.20 Å². The number of carbonyl (C=O) groups is 1. The summed E-state index contributed by atoms with van der Waals surface area (Å²) in [6.45, 7) is -1.64. The Balaban J connectivity index is 2.70. The lowest BCUT2D eigenvalue weighted by atomic mass is 10.2. The molecule has 94 valence electrons. The first kappa shape index (κ1) is 13.3. The monoisotopic (exact) mass is 245 g/mol. The van der Waals surface area contributed by atoms with Crippen molar-refractivity contribution in [3.63, 3.8) is 0 Å². The lowest BCUT2D eigenvalue weighted by molar-refractivity contribution is 0.0118. The molecule has 1 amide bonds. The van der Waals surface area contributed by atoms with E-state index < -0.39 is 24.9 Å². The molecular formula is C10H13F2N3O2. The van der Waals surface area contributed by atoms with Crippen LogP contribution in [-0.2, 0) is 0 Å². The third kappa shape index (κ3) is 3.63. The van der Waals surface area contributed by atoms with Crippen molar-refractivity contribution in [2.24, 2.45) is 5.73 Å². The van der Waals surface area contributed by atoms with Gasteiger partial charge in [-0.2, -0.15) is 0 Å². The van der Waals surface area contributed by atoms with Crippen molar-refractivity contribution >= 4 is 5.91 Å². The minimum atomic E-state index is -3.12. The number of carbonyl (C=O) groups excluding carboxylic acids is 1. The van der Waals surface area contributed by atoms with Crippen LogP contribution in [0.2, 0.25) is 0 Å². The summed E-state index contributed by atoms with van der Waals surface area (Å²) in [7, 11) is 1.34. The Hall–Kier alpha value is -1.76. The van der Waals surface area contributed by atoms with Crippen molar-refractivity contribution in [3.05, 3.63) is 23.9 Å². The first-order valence-corrected chi connectivity index (χ1v) is 4.85. The van der Waals surface area contributed by atoms with Gasteiger partial charge >= 0.3 is 0 Å². The van der Waals surface area contributed by atoms with Crippen LogP contribution in [0.15, 0.2) is 18.3 Å². The van der Waals surface area contributed by atoms with E-state index in [-0.39, 0.29) is 11.4 Å². The molecule has 0 atom stereocenters. The van der Waals surface area contributed by atoms with Gasteiger partial charge < -0.3 is 15.8 Å². The maximum absolute atomic E-state index is 12.8. The molecule has 0 aromatic carbocycles. The topological polar surface area (TPSA) is 77.2 Å². The summed E-state index contributed by atoms with van der Waals surface area (Å²) >= 11 is 0. The number of amides is 1. The Kier molecular flexibility index (Phi) is 4.33. The van der Waals surface area contributed by atoms with E-state index in [0.29, 0.717) is 0 Å². The molecule has 1 rings (SSSR count). The summed E-state index contributed by atoms with van der Waals surface area (Å²) in [5.74, 6) is -3.71. The van der Waals surface area contributed by atoms with Gasteiger partial charge in [0.25, 0.3) is 11.8 Å². The maximum atomic E-state index is 12.8. The average molecular weight is 245 g/mol. The van der Waals surface area contributed by atoms with Crippen molar-refractivity contribution < 1.29 is 18.3 Å². The molecule has 0 saturated heterocycles. The summed E-state index contributed by atoms with van der Waals surface area (Å²) < 4.78 is 30.5. The van der Waals surface area contributed by atoms with Gasteiger partial charge in [-0.25, -0.2) is 13.8 Å². The molecule has 0 aliphatic carbocycles. The summed E-state index contributed by atoms with van der Waals surface area (Å²) in [4.78, 5) is 15.4. The second-order valence-corrected chi connectivity index (χ2v) is 3.30. The SMILES string of the molecule is COc1ncccc1C(=O)NCC(F)(F)CN. The Labute approximate surface area is 97.0 Å². The van der Waals surface area contributed by atoms with Gasteiger partial charge in [-0.1, -0.05) is 0 Å². The molecule has 7 heteroatoms. The van der Waals surface area contributed by atoms with Crippen LogP contribution >= 0.6 is 0 Å². The third-order valence-electron chi connectivity index (χ3n) is 2.02. The highest BCUT2D eigenvalue weighted by Gasteiger charge is 2.27. The summed E-state index contributed by atoms with van der Waals surface area (Å²) in [5, 5.41) is 2.08. The number of nitrogens with two attached hydrogens (primary N) is 1. The van der Waals surface area contributed by atoms with Gasteiger partial charge in [0.2, 0.25) is 5.88 Å². The van der Waals surface area contributed by atoms with E-state index in [4.69, 9.17) is 10.5 Å². The molecule has 5 nitrogen and oxygen atoms in total. The molecule has 0 unspecified atom stereocenters. The van der Waals surface area contributed by atoms with E-state index in [9.17, 15) is 13.6 Å². The Bertz CT molecular complexity index is 399. The number of nitrogens with zero attached hydrogens (tertiary/aromatic N) is 1. The number of pyridine rings is 1. The fourth-order valence-electron chi connectivity index (χ4n) is 1.10. The Morgan fingerprint density at radius 1 is 1.65 bits per heavy atom. The number of methoxy groups -OCH3 is 1. The lowest BCUT2D eigenvalue weighted by Crippen LogP contribution is -2.41. The number of hydrogen-bond donors (Lipinski definition) is 2. The van der Waals surface area contributed by atoms with Crippen molar-refractivity contribution in [2.45, 2.75) is 5.92 Å². The zero-order valence-electron chi connectivity index (χ0n) is 9.24. The molecule has 3 N–H and O–H groups in total. The van der Waals surface area contributed by atoms with E-state index in [1.807, 2.05) is 0 Å². The molecule has 0 spiro atoms.